The van der Waals surface area contributed by atoms with Crippen molar-refractivity contribution in [3.8, 4) is 0 Å². The number of hydrogen-bond acceptors (Lipinski definition) is 2. The minimum absolute atomic E-state index is 0. The van der Waals surface area contributed by atoms with E-state index >= 15 is 0 Å². The number of pyridine rings is 1. The topological polar surface area (TPSA) is 24.9 Å². The summed E-state index contributed by atoms with van der Waals surface area (Å²) in [5.41, 5.74) is 2.96. The molecule has 4 heteroatoms. The maximum atomic E-state index is 4.22. The molecule has 0 radical (unpaired) electrons. The van der Waals surface area contributed by atoms with Gasteiger partial charge in [-0.05, 0) is 42.9 Å². The molecule has 1 aromatic rings. The fourth-order valence-corrected chi connectivity index (χ4v) is 2.60. The molecule has 3 rings (SSSR count). The smallest absolute Gasteiger partial charge is 0.0341 e. The Labute approximate surface area is 103 Å². The average Bonchev–Trinajstić information content (AvgIpc) is 2.54. The van der Waals surface area contributed by atoms with Crippen LogP contribution in [-0.2, 0) is 6.42 Å². The third-order valence-electron chi connectivity index (χ3n) is 3.32. The van der Waals surface area contributed by atoms with Gasteiger partial charge in [0.2, 0.25) is 0 Å². The maximum absolute atomic E-state index is 4.22. The molecule has 1 saturated heterocycles. The zero-order chi connectivity index (χ0) is 8.67. The fraction of sp³-hybridized carbons (Fsp3) is 0.545. The Morgan fingerprint density at radius 2 is 2.07 bits per heavy atom. The van der Waals surface area contributed by atoms with Gasteiger partial charge in [0, 0.05) is 24.5 Å². The van der Waals surface area contributed by atoms with Crippen molar-refractivity contribution >= 4 is 24.8 Å². The zero-order valence-electron chi connectivity index (χ0n) is 8.48. The van der Waals surface area contributed by atoms with Gasteiger partial charge in [0.25, 0.3) is 0 Å². The molecule has 0 aromatic carbocycles. The summed E-state index contributed by atoms with van der Waals surface area (Å²) in [6.45, 7) is 0. The summed E-state index contributed by atoms with van der Waals surface area (Å²) in [6.07, 6.45) is 9.13. The van der Waals surface area contributed by atoms with Gasteiger partial charge in [0.1, 0.15) is 0 Å². The summed E-state index contributed by atoms with van der Waals surface area (Å²) in [7, 11) is 0. The van der Waals surface area contributed by atoms with E-state index < -0.39 is 0 Å². The Balaban J connectivity index is 0.000000562. The fourth-order valence-electron chi connectivity index (χ4n) is 2.60. The van der Waals surface area contributed by atoms with Crippen LogP contribution in [0.4, 0.5) is 0 Å². The molecular formula is C11H16Cl2N2. The molecule has 2 atom stereocenters. The van der Waals surface area contributed by atoms with Crippen LogP contribution >= 0.6 is 24.8 Å². The van der Waals surface area contributed by atoms with Gasteiger partial charge in [-0.1, -0.05) is 0 Å². The van der Waals surface area contributed by atoms with E-state index in [4.69, 9.17) is 0 Å². The van der Waals surface area contributed by atoms with Gasteiger partial charge in [-0.3, -0.25) is 4.98 Å². The molecule has 0 saturated carbocycles. The van der Waals surface area contributed by atoms with Gasteiger partial charge in [0.15, 0.2) is 0 Å². The first-order valence-electron chi connectivity index (χ1n) is 5.12. The average molecular weight is 247 g/mol. The van der Waals surface area contributed by atoms with Crippen molar-refractivity contribution in [1.82, 2.24) is 10.3 Å². The molecule has 0 spiro atoms. The largest absolute Gasteiger partial charge is 0.307 e. The second-order valence-electron chi connectivity index (χ2n) is 4.11. The number of nitrogens with one attached hydrogen (secondary N) is 1. The van der Waals surface area contributed by atoms with Crippen molar-refractivity contribution in [1.29, 1.82) is 0 Å². The Morgan fingerprint density at radius 1 is 1.20 bits per heavy atom. The molecule has 2 aliphatic heterocycles. The number of hydrogen-bond donors (Lipinski definition) is 1. The standard InChI is InChI=1S/C11H14N2.2ClH/c1-2-9-3-4-11(13-9)10-7-12-6-5-8(1)10;;/h5-7,9,11,13H,1-4H2;2*1H/t9-,11-;;/m1../s1. The van der Waals surface area contributed by atoms with Crippen molar-refractivity contribution in [2.75, 3.05) is 0 Å². The van der Waals surface area contributed by atoms with Crippen LogP contribution in [-0.4, -0.2) is 11.0 Å². The second kappa shape index (κ2) is 5.15. The van der Waals surface area contributed by atoms with Crippen LogP contribution in [0, 0.1) is 0 Å². The number of aryl methyl sites for hydroxylation is 1. The summed E-state index contributed by atoms with van der Waals surface area (Å²) >= 11 is 0. The SMILES string of the molecule is Cl.Cl.c1cc2c(cn1)[C@H]1CC[C@@H](CC2)N1. The molecule has 15 heavy (non-hydrogen) atoms. The molecule has 0 unspecified atom stereocenters. The van der Waals surface area contributed by atoms with E-state index in [2.05, 4.69) is 16.4 Å². The van der Waals surface area contributed by atoms with E-state index in [0.717, 1.165) is 6.04 Å². The van der Waals surface area contributed by atoms with Crippen LogP contribution in [0.5, 0.6) is 0 Å². The minimum Gasteiger partial charge on any atom is -0.307 e. The first kappa shape index (κ1) is 12.8. The highest BCUT2D eigenvalue weighted by Gasteiger charge is 2.29. The van der Waals surface area contributed by atoms with Gasteiger partial charge in [-0.15, -0.1) is 24.8 Å². The Bertz CT molecular complexity index is 330. The summed E-state index contributed by atoms with van der Waals surface area (Å²) in [6, 6.07) is 3.53. The van der Waals surface area contributed by atoms with Gasteiger partial charge in [0.05, 0.1) is 0 Å². The minimum atomic E-state index is 0. The van der Waals surface area contributed by atoms with E-state index in [9.17, 15) is 0 Å². The number of rotatable bonds is 0. The molecule has 1 aromatic heterocycles. The molecule has 2 nitrogen and oxygen atoms in total. The van der Waals surface area contributed by atoms with Crippen LogP contribution in [0.25, 0.3) is 0 Å². The predicted octanol–water partition coefficient (Wildman–Crippen LogP) is 2.66. The van der Waals surface area contributed by atoms with Crippen molar-refractivity contribution in [3.05, 3.63) is 29.6 Å². The summed E-state index contributed by atoms with van der Waals surface area (Å²) in [5, 5.41) is 3.67. The molecule has 1 fully saturated rings. The van der Waals surface area contributed by atoms with Crippen LogP contribution in [0.3, 0.4) is 0 Å². The summed E-state index contributed by atoms with van der Waals surface area (Å²) < 4.78 is 0. The van der Waals surface area contributed by atoms with Gasteiger partial charge >= 0.3 is 0 Å². The van der Waals surface area contributed by atoms with Crippen molar-refractivity contribution in [2.45, 2.75) is 37.8 Å². The number of fused-ring (bicyclic) bond motifs is 4. The number of halogens is 2. The highest BCUT2D eigenvalue weighted by molar-refractivity contribution is 5.85. The zero-order valence-corrected chi connectivity index (χ0v) is 10.1. The van der Waals surface area contributed by atoms with Crippen LogP contribution < -0.4 is 5.32 Å². The normalized spacial score (nSPS) is 26.9. The Morgan fingerprint density at radius 3 is 2.93 bits per heavy atom. The van der Waals surface area contributed by atoms with E-state index in [0.29, 0.717) is 6.04 Å². The van der Waals surface area contributed by atoms with E-state index in [1.807, 2.05) is 12.4 Å². The molecular weight excluding hydrogens is 231 g/mol. The third-order valence-corrected chi connectivity index (χ3v) is 3.32. The van der Waals surface area contributed by atoms with Crippen LogP contribution in [0.2, 0.25) is 0 Å². The number of nitrogens with zero attached hydrogens (tertiary/aromatic N) is 1. The van der Waals surface area contributed by atoms with Gasteiger partial charge < -0.3 is 5.32 Å². The predicted molar refractivity (Wildman–Crippen MR) is 66.0 cm³/mol. The molecule has 2 aliphatic rings. The number of aromatic nitrogens is 1. The Hall–Kier alpha value is -0.310. The van der Waals surface area contributed by atoms with Gasteiger partial charge in [-0.25, -0.2) is 0 Å². The molecule has 2 bridgehead atoms. The second-order valence-corrected chi connectivity index (χ2v) is 4.11. The van der Waals surface area contributed by atoms with Gasteiger partial charge in [-0.2, -0.15) is 0 Å². The molecule has 3 heterocycles. The Kier molecular flexibility index (Phi) is 4.38. The van der Waals surface area contributed by atoms with Crippen molar-refractivity contribution in [2.24, 2.45) is 0 Å². The molecule has 0 amide bonds. The first-order valence-corrected chi connectivity index (χ1v) is 5.12. The van der Waals surface area contributed by atoms with Crippen LogP contribution in [0.1, 0.15) is 36.4 Å². The lowest BCUT2D eigenvalue weighted by Crippen LogP contribution is -2.21. The van der Waals surface area contributed by atoms with E-state index in [1.54, 1.807) is 0 Å². The lowest BCUT2D eigenvalue weighted by atomic mass is 9.95. The monoisotopic (exact) mass is 246 g/mol. The van der Waals surface area contributed by atoms with Crippen molar-refractivity contribution < 1.29 is 0 Å². The quantitative estimate of drug-likeness (QED) is 0.762. The highest BCUT2D eigenvalue weighted by Crippen LogP contribution is 2.33. The van der Waals surface area contributed by atoms with Crippen molar-refractivity contribution in [3.63, 3.8) is 0 Å². The third kappa shape index (κ3) is 2.27. The lowest BCUT2D eigenvalue weighted by Gasteiger charge is -2.12. The van der Waals surface area contributed by atoms with E-state index in [-0.39, 0.29) is 24.8 Å². The summed E-state index contributed by atoms with van der Waals surface area (Å²) in [5.74, 6) is 0. The summed E-state index contributed by atoms with van der Waals surface area (Å²) in [4.78, 5) is 4.22. The maximum Gasteiger partial charge on any atom is 0.0341 e. The first-order chi connectivity index (χ1) is 6.43. The molecule has 1 N–H and O–H groups in total. The molecule has 84 valence electrons. The van der Waals surface area contributed by atoms with Crippen LogP contribution in [0.15, 0.2) is 18.5 Å². The molecule has 0 aliphatic carbocycles. The lowest BCUT2D eigenvalue weighted by molar-refractivity contribution is 0.542. The van der Waals surface area contributed by atoms with E-state index in [1.165, 1.54) is 36.8 Å². The highest BCUT2D eigenvalue weighted by atomic mass is 35.5.